The highest BCUT2D eigenvalue weighted by atomic mass is 32.2. The molecule has 5 rings (SSSR count). The highest BCUT2D eigenvalue weighted by Gasteiger charge is 2.34. The van der Waals surface area contributed by atoms with Gasteiger partial charge in [0, 0.05) is 11.6 Å². The molecule has 0 aliphatic heterocycles. The lowest BCUT2D eigenvalue weighted by atomic mass is 10.2. The number of hydrogen-bond acceptors (Lipinski definition) is 4. The fourth-order valence-corrected chi connectivity index (χ4v) is 5.74. The molecule has 1 aliphatic carbocycles. The van der Waals surface area contributed by atoms with Gasteiger partial charge in [-0.05, 0) is 60.4 Å². The van der Waals surface area contributed by atoms with Crippen molar-refractivity contribution in [1.82, 2.24) is 14.5 Å². The number of nitrogens with zero attached hydrogens (tertiary/aromatic N) is 3. The Labute approximate surface area is 214 Å². The second-order valence-corrected chi connectivity index (χ2v) is 11.0. The number of carbonyl (C=O) groups is 1. The van der Waals surface area contributed by atoms with E-state index in [1.54, 1.807) is 9.47 Å². The van der Waals surface area contributed by atoms with Crippen molar-refractivity contribution in [2.75, 3.05) is 0 Å². The van der Waals surface area contributed by atoms with Gasteiger partial charge in [-0.3, -0.25) is 4.79 Å². The second-order valence-electron chi connectivity index (χ2n) is 9.16. The molecule has 9 heteroatoms. The molecule has 0 bridgehead atoms. The Bertz CT molecular complexity index is 1500. The van der Waals surface area contributed by atoms with Crippen LogP contribution < -0.4 is 0 Å². The summed E-state index contributed by atoms with van der Waals surface area (Å²) < 4.78 is 55.2. The van der Waals surface area contributed by atoms with Gasteiger partial charge in [-0.25, -0.2) is 22.2 Å². The predicted molar refractivity (Wildman–Crippen MR) is 134 cm³/mol. The maximum Gasteiger partial charge on any atom is 0.254 e. The molecule has 1 aliphatic rings. The first kappa shape index (κ1) is 24.8. The van der Waals surface area contributed by atoms with E-state index in [-0.39, 0.29) is 35.9 Å². The Balaban J connectivity index is 1.49. The molecule has 6 nitrogen and oxygen atoms in total. The van der Waals surface area contributed by atoms with Gasteiger partial charge >= 0.3 is 0 Å². The van der Waals surface area contributed by atoms with Crippen LogP contribution >= 0.6 is 0 Å². The monoisotopic (exact) mass is 521 g/mol. The van der Waals surface area contributed by atoms with Crippen LogP contribution in [0.3, 0.4) is 0 Å². The number of aromatic nitrogens is 2. The lowest BCUT2D eigenvalue weighted by Gasteiger charge is -2.23. The summed E-state index contributed by atoms with van der Waals surface area (Å²) in [5, 5.41) is -0.111. The number of carbonyl (C=O) groups excluding carboxylic acids is 1. The number of sulfone groups is 1. The van der Waals surface area contributed by atoms with E-state index in [0.717, 1.165) is 18.4 Å². The molecule has 3 aromatic carbocycles. The summed E-state index contributed by atoms with van der Waals surface area (Å²) in [6.07, 6.45) is 3.18. The fourth-order valence-electron chi connectivity index (χ4n) is 4.25. The van der Waals surface area contributed by atoms with E-state index in [9.17, 15) is 22.0 Å². The van der Waals surface area contributed by atoms with E-state index in [0.29, 0.717) is 16.8 Å². The van der Waals surface area contributed by atoms with Crippen molar-refractivity contribution >= 4 is 15.7 Å². The third kappa shape index (κ3) is 5.77. The van der Waals surface area contributed by atoms with Crippen LogP contribution in [0.15, 0.2) is 90.2 Å². The SMILES string of the molecule is O=C(c1ccc(F)cc1)N(Cc1cnc(S(=O)(=O)Cc2ccc(F)cc2)n1Cc1ccccc1)C1CC1. The largest absolute Gasteiger partial charge is 0.330 e. The van der Waals surface area contributed by atoms with Crippen LogP contribution in [0.5, 0.6) is 0 Å². The van der Waals surface area contributed by atoms with E-state index < -0.39 is 21.5 Å². The summed E-state index contributed by atoms with van der Waals surface area (Å²) in [5.74, 6) is -1.45. The summed E-state index contributed by atoms with van der Waals surface area (Å²) in [7, 11) is -3.89. The van der Waals surface area contributed by atoms with Gasteiger partial charge in [-0.15, -0.1) is 0 Å². The first-order chi connectivity index (χ1) is 17.8. The van der Waals surface area contributed by atoms with Gasteiger partial charge in [-0.1, -0.05) is 42.5 Å². The third-order valence-corrected chi connectivity index (χ3v) is 7.90. The average molecular weight is 522 g/mol. The lowest BCUT2D eigenvalue weighted by Crippen LogP contribution is -2.33. The standard InChI is InChI=1S/C28H25F2N3O3S/c29-23-10-6-21(7-11-23)19-37(35,36)28-31-16-26(33(28)17-20-4-2-1-3-5-20)18-32(25-14-15-25)27(34)22-8-12-24(30)13-9-22/h1-13,16,25H,14-15,17-19H2. The van der Waals surface area contributed by atoms with E-state index in [2.05, 4.69) is 4.98 Å². The molecule has 0 saturated heterocycles. The van der Waals surface area contributed by atoms with Crippen molar-refractivity contribution in [2.45, 2.75) is 42.9 Å². The summed E-state index contributed by atoms with van der Waals surface area (Å²) >= 11 is 0. The molecule has 190 valence electrons. The van der Waals surface area contributed by atoms with Crippen molar-refractivity contribution in [2.24, 2.45) is 0 Å². The van der Waals surface area contributed by atoms with Crippen LogP contribution in [0.4, 0.5) is 8.78 Å². The maximum absolute atomic E-state index is 13.4. The zero-order valence-electron chi connectivity index (χ0n) is 19.9. The molecule has 1 saturated carbocycles. The number of hydrogen-bond donors (Lipinski definition) is 0. The highest BCUT2D eigenvalue weighted by molar-refractivity contribution is 7.90. The van der Waals surface area contributed by atoms with Crippen molar-refractivity contribution in [3.63, 3.8) is 0 Å². The van der Waals surface area contributed by atoms with E-state index in [4.69, 9.17) is 0 Å². The van der Waals surface area contributed by atoms with Crippen LogP contribution in [0.2, 0.25) is 0 Å². The molecule has 1 heterocycles. The molecule has 1 fully saturated rings. The summed E-state index contributed by atoms with van der Waals surface area (Å²) in [4.78, 5) is 19.3. The van der Waals surface area contributed by atoms with Gasteiger partial charge in [0.2, 0.25) is 15.0 Å². The van der Waals surface area contributed by atoms with Crippen LogP contribution in [-0.2, 0) is 28.7 Å². The van der Waals surface area contributed by atoms with E-state index >= 15 is 0 Å². The Hall–Kier alpha value is -3.85. The number of rotatable bonds is 9. The number of imidazole rings is 1. The second kappa shape index (κ2) is 10.3. The Morgan fingerprint density at radius 1 is 0.892 bits per heavy atom. The van der Waals surface area contributed by atoms with Crippen molar-refractivity contribution in [1.29, 1.82) is 0 Å². The molecule has 0 unspecified atom stereocenters. The summed E-state index contributed by atoms with van der Waals surface area (Å²) in [6, 6.07) is 20.1. The molecule has 37 heavy (non-hydrogen) atoms. The maximum atomic E-state index is 13.4. The molecule has 1 amide bonds. The molecular weight excluding hydrogens is 496 g/mol. The van der Waals surface area contributed by atoms with Gasteiger partial charge in [0.25, 0.3) is 5.91 Å². The highest BCUT2D eigenvalue weighted by Crippen LogP contribution is 2.31. The Morgan fingerprint density at radius 3 is 2.14 bits per heavy atom. The molecule has 1 aromatic heterocycles. The van der Waals surface area contributed by atoms with Crippen molar-refractivity contribution < 1.29 is 22.0 Å². The van der Waals surface area contributed by atoms with Crippen molar-refractivity contribution in [3.8, 4) is 0 Å². The zero-order valence-corrected chi connectivity index (χ0v) is 20.7. The molecule has 0 atom stereocenters. The Kier molecular flexibility index (Phi) is 6.88. The smallest absolute Gasteiger partial charge is 0.254 e. The summed E-state index contributed by atoms with van der Waals surface area (Å²) in [6.45, 7) is 0.407. The van der Waals surface area contributed by atoms with Gasteiger partial charge in [0.1, 0.15) is 11.6 Å². The average Bonchev–Trinajstić information content (AvgIpc) is 3.65. The predicted octanol–water partition coefficient (Wildman–Crippen LogP) is 4.99. The summed E-state index contributed by atoms with van der Waals surface area (Å²) in [5.41, 5.74) is 2.27. The fraction of sp³-hybridized carbons (Fsp3) is 0.214. The van der Waals surface area contributed by atoms with Crippen LogP contribution in [-0.4, -0.2) is 34.8 Å². The minimum Gasteiger partial charge on any atom is -0.330 e. The molecule has 0 radical (unpaired) electrons. The number of benzene rings is 3. The normalized spacial score (nSPS) is 13.5. The lowest BCUT2D eigenvalue weighted by molar-refractivity contribution is 0.0725. The van der Waals surface area contributed by atoms with Crippen LogP contribution in [0.1, 0.15) is 40.0 Å². The van der Waals surface area contributed by atoms with Gasteiger partial charge in [0.05, 0.1) is 30.7 Å². The van der Waals surface area contributed by atoms with Gasteiger partial charge in [0.15, 0.2) is 0 Å². The molecule has 0 N–H and O–H groups in total. The first-order valence-corrected chi connectivity index (χ1v) is 13.6. The molecule has 0 spiro atoms. The topological polar surface area (TPSA) is 72.3 Å². The first-order valence-electron chi connectivity index (χ1n) is 11.9. The zero-order chi connectivity index (χ0) is 26.0. The Morgan fingerprint density at radius 2 is 1.51 bits per heavy atom. The molecular formula is C28H25F2N3O3S. The minimum absolute atomic E-state index is 0.0249. The van der Waals surface area contributed by atoms with Crippen LogP contribution in [0, 0.1) is 11.6 Å². The van der Waals surface area contributed by atoms with Crippen molar-refractivity contribution in [3.05, 3.63) is 119 Å². The number of amides is 1. The van der Waals surface area contributed by atoms with E-state index in [1.807, 2.05) is 30.3 Å². The van der Waals surface area contributed by atoms with Crippen LogP contribution in [0.25, 0.3) is 0 Å². The van der Waals surface area contributed by atoms with Gasteiger partial charge < -0.3 is 9.47 Å². The quantitative estimate of drug-likeness (QED) is 0.311. The molecule has 4 aromatic rings. The minimum atomic E-state index is -3.89. The van der Waals surface area contributed by atoms with Gasteiger partial charge in [-0.2, -0.15) is 0 Å². The van der Waals surface area contributed by atoms with E-state index in [1.165, 1.54) is 54.7 Å². The third-order valence-electron chi connectivity index (χ3n) is 6.31. The number of halogens is 2.